The molecule has 0 bridgehead atoms. The fraction of sp³-hybridized carbons (Fsp3) is 0.211. The van der Waals surface area contributed by atoms with E-state index in [-0.39, 0.29) is 17.5 Å². The van der Waals surface area contributed by atoms with E-state index >= 15 is 0 Å². The van der Waals surface area contributed by atoms with E-state index in [1.54, 1.807) is 19.1 Å². The van der Waals surface area contributed by atoms with Crippen LogP contribution in [-0.2, 0) is 9.53 Å². The lowest BCUT2D eigenvalue weighted by molar-refractivity contribution is -0.140. The van der Waals surface area contributed by atoms with Gasteiger partial charge in [-0.2, -0.15) is 0 Å². The highest BCUT2D eigenvalue weighted by atomic mass is 35.5. The van der Waals surface area contributed by atoms with Crippen molar-refractivity contribution in [2.24, 2.45) is 0 Å². The van der Waals surface area contributed by atoms with Gasteiger partial charge in [-0.3, -0.25) is 14.7 Å². The molecule has 0 aliphatic rings. The molecule has 0 saturated carbocycles. The molecule has 0 amide bonds. The third-order valence-electron chi connectivity index (χ3n) is 4.41. The van der Waals surface area contributed by atoms with Gasteiger partial charge in [-0.25, -0.2) is 4.79 Å². The molecule has 8 nitrogen and oxygen atoms in total. The second kappa shape index (κ2) is 7.77. The van der Waals surface area contributed by atoms with Crippen molar-refractivity contribution in [1.29, 1.82) is 0 Å². The predicted octanol–water partition coefficient (Wildman–Crippen LogP) is 3.32. The SMILES string of the molecule is COC(=O)C[C@H](c1ccc(-c2cc(C(=O)O)ccc2Cl)o1)c1c(C)[nH][nH]c1=O. The molecule has 3 aromatic rings. The monoisotopic (exact) mass is 404 g/mol. The van der Waals surface area contributed by atoms with Gasteiger partial charge in [0.1, 0.15) is 11.5 Å². The first-order chi connectivity index (χ1) is 13.3. The quantitative estimate of drug-likeness (QED) is 0.541. The minimum absolute atomic E-state index is 0.0568. The molecular formula is C19H17ClN2O6. The third-order valence-corrected chi connectivity index (χ3v) is 4.74. The van der Waals surface area contributed by atoms with Gasteiger partial charge in [-0.05, 0) is 37.3 Å². The van der Waals surface area contributed by atoms with Crippen LogP contribution >= 0.6 is 11.6 Å². The predicted molar refractivity (Wildman–Crippen MR) is 101 cm³/mol. The highest BCUT2D eigenvalue weighted by Crippen LogP contribution is 2.35. The number of hydrogen-bond acceptors (Lipinski definition) is 5. The maximum absolute atomic E-state index is 12.2. The molecule has 0 radical (unpaired) electrons. The first-order valence-electron chi connectivity index (χ1n) is 8.28. The van der Waals surface area contributed by atoms with Crippen LogP contribution in [0.4, 0.5) is 0 Å². The number of halogens is 1. The Hall–Kier alpha value is -3.26. The number of aromatic amines is 2. The molecule has 1 aromatic carbocycles. The van der Waals surface area contributed by atoms with Gasteiger partial charge in [0.05, 0.1) is 35.6 Å². The van der Waals surface area contributed by atoms with E-state index < -0.39 is 17.9 Å². The van der Waals surface area contributed by atoms with Crippen molar-refractivity contribution in [3.8, 4) is 11.3 Å². The summed E-state index contributed by atoms with van der Waals surface area (Å²) in [5, 5.41) is 14.7. The van der Waals surface area contributed by atoms with Gasteiger partial charge in [0.2, 0.25) is 0 Å². The Morgan fingerprint density at radius 3 is 2.61 bits per heavy atom. The Morgan fingerprint density at radius 2 is 2.00 bits per heavy atom. The Bertz CT molecular complexity index is 1090. The van der Waals surface area contributed by atoms with E-state index in [1.165, 1.54) is 25.3 Å². The molecule has 146 valence electrons. The van der Waals surface area contributed by atoms with E-state index in [0.29, 0.717) is 33.4 Å². The van der Waals surface area contributed by atoms with E-state index in [2.05, 4.69) is 10.2 Å². The number of carbonyl (C=O) groups is 2. The van der Waals surface area contributed by atoms with Crippen LogP contribution in [-0.4, -0.2) is 34.4 Å². The van der Waals surface area contributed by atoms with Gasteiger partial charge in [0, 0.05) is 11.3 Å². The summed E-state index contributed by atoms with van der Waals surface area (Å²) in [5.41, 5.74) is 1.01. The molecule has 3 rings (SSSR count). The normalized spacial score (nSPS) is 12.0. The lowest BCUT2D eigenvalue weighted by atomic mass is 9.93. The molecule has 0 fully saturated rings. The number of furan rings is 1. The van der Waals surface area contributed by atoms with E-state index in [0.717, 1.165) is 0 Å². The number of hydrogen-bond donors (Lipinski definition) is 3. The van der Waals surface area contributed by atoms with Crippen LogP contribution in [0.3, 0.4) is 0 Å². The summed E-state index contributed by atoms with van der Waals surface area (Å²) in [7, 11) is 1.26. The average molecular weight is 405 g/mol. The fourth-order valence-corrected chi connectivity index (χ4v) is 3.21. The van der Waals surface area contributed by atoms with Crippen LogP contribution in [0.2, 0.25) is 5.02 Å². The first kappa shape index (κ1) is 19.5. The van der Waals surface area contributed by atoms with Crippen molar-refractivity contribution in [1.82, 2.24) is 10.2 Å². The van der Waals surface area contributed by atoms with Gasteiger partial charge in [-0.1, -0.05) is 11.6 Å². The van der Waals surface area contributed by atoms with Crippen LogP contribution in [0.1, 0.15) is 39.7 Å². The summed E-state index contributed by atoms with van der Waals surface area (Å²) in [4.78, 5) is 35.3. The minimum atomic E-state index is -1.09. The number of ether oxygens (including phenoxy) is 1. The lowest BCUT2D eigenvalue weighted by Gasteiger charge is -2.12. The Labute approximate surface area is 164 Å². The Kier molecular flexibility index (Phi) is 5.41. The number of rotatable bonds is 6. The zero-order valence-corrected chi connectivity index (χ0v) is 15.8. The number of carbonyl (C=O) groups excluding carboxylic acids is 1. The lowest BCUT2D eigenvalue weighted by Crippen LogP contribution is -2.16. The second-order valence-corrected chi connectivity index (χ2v) is 6.56. The number of benzene rings is 1. The van der Waals surface area contributed by atoms with Gasteiger partial charge in [-0.15, -0.1) is 0 Å². The van der Waals surface area contributed by atoms with E-state index in [1.807, 2.05) is 0 Å². The fourth-order valence-electron chi connectivity index (χ4n) is 3.00. The maximum atomic E-state index is 12.2. The second-order valence-electron chi connectivity index (χ2n) is 6.15. The van der Waals surface area contributed by atoms with Crippen molar-refractivity contribution in [2.75, 3.05) is 7.11 Å². The van der Waals surface area contributed by atoms with Gasteiger partial charge >= 0.3 is 11.9 Å². The zero-order chi connectivity index (χ0) is 20.4. The number of aryl methyl sites for hydroxylation is 1. The van der Waals surface area contributed by atoms with Crippen molar-refractivity contribution in [2.45, 2.75) is 19.3 Å². The summed E-state index contributed by atoms with van der Waals surface area (Å²) in [5.74, 6) is -1.61. The zero-order valence-electron chi connectivity index (χ0n) is 15.0. The van der Waals surface area contributed by atoms with Crippen molar-refractivity contribution in [3.63, 3.8) is 0 Å². The molecule has 9 heteroatoms. The number of carboxylic acids is 1. The van der Waals surface area contributed by atoms with Crippen molar-refractivity contribution >= 4 is 23.5 Å². The Balaban J connectivity index is 2.07. The van der Waals surface area contributed by atoms with Crippen LogP contribution in [0.15, 0.2) is 39.5 Å². The van der Waals surface area contributed by atoms with Crippen molar-refractivity contribution < 1.29 is 23.8 Å². The topological polar surface area (TPSA) is 125 Å². The molecule has 0 saturated heterocycles. The molecule has 28 heavy (non-hydrogen) atoms. The van der Waals surface area contributed by atoms with E-state index in [9.17, 15) is 19.5 Å². The minimum Gasteiger partial charge on any atom is -0.478 e. The summed E-state index contributed by atoms with van der Waals surface area (Å²) >= 11 is 6.19. The smallest absolute Gasteiger partial charge is 0.335 e. The van der Waals surface area contributed by atoms with E-state index in [4.69, 9.17) is 20.8 Å². The average Bonchev–Trinajstić information content (AvgIpc) is 3.27. The number of esters is 1. The number of methoxy groups -OCH3 is 1. The van der Waals surface area contributed by atoms with Crippen LogP contribution in [0, 0.1) is 6.92 Å². The summed E-state index contributed by atoms with van der Waals surface area (Å²) in [6.45, 7) is 1.70. The van der Waals surface area contributed by atoms with Crippen LogP contribution in [0.5, 0.6) is 0 Å². The summed E-state index contributed by atoms with van der Waals surface area (Å²) in [6, 6.07) is 7.49. The molecule has 1 atom stereocenters. The molecule has 2 aromatic heterocycles. The van der Waals surface area contributed by atoms with Crippen molar-refractivity contribution in [3.05, 3.63) is 68.3 Å². The summed E-state index contributed by atoms with van der Waals surface area (Å²) in [6.07, 6.45) is -0.103. The number of nitrogens with one attached hydrogen (secondary N) is 2. The van der Waals surface area contributed by atoms with Gasteiger partial charge in [0.25, 0.3) is 5.56 Å². The molecule has 0 aliphatic heterocycles. The maximum Gasteiger partial charge on any atom is 0.335 e. The highest BCUT2D eigenvalue weighted by Gasteiger charge is 2.27. The number of H-pyrrole nitrogens is 2. The number of carboxylic acid groups (broad SMARTS) is 1. The molecular weight excluding hydrogens is 388 g/mol. The number of aromatic nitrogens is 2. The molecule has 2 heterocycles. The molecule has 0 aliphatic carbocycles. The van der Waals surface area contributed by atoms with Crippen LogP contribution < -0.4 is 5.56 Å². The summed E-state index contributed by atoms with van der Waals surface area (Å²) < 4.78 is 10.6. The first-order valence-corrected chi connectivity index (χ1v) is 8.66. The molecule has 3 N–H and O–H groups in total. The highest BCUT2D eigenvalue weighted by molar-refractivity contribution is 6.33. The largest absolute Gasteiger partial charge is 0.478 e. The van der Waals surface area contributed by atoms with Gasteiger partial charge in [0.15, 0.2) is 0 Å². The third kappa shape index (κ3) is 3.72. The standard InChI is InChI=1S/C19H17ClN2O6/c1-9-17(18(24)22-21-9)12(8-16(23)27-2)15-6-5-14(28-15)11-7-10(19(25)26)3-4-13(11)20/h3-7,12H,8H2,1-2H3,(H,25,26)(H2,21,22,24)/t12-/m1/s1. The van der Waals surface area contributed by atoms with Gasteiger partial charge < -0.3 is 19.4 Å². The molecule has 0 spiro atoms. The Morgan fingerprint density at radius 1 is 1.25 bits per heavy atom. The molecule has 0 unspecified atom stereocenters. The number of aromatic carboxylic acids is 1. The van der Waals surface area contributed by atoms with Crippen LogP contribution in [0.25, 0.3) is 11.3 Å².